The van der Waals surface area contributed by atoms with Crippen molar-refractivity contribution in [3.63, 3.8) is 0 Å². The molecule has 0 atom stereocenters. The van der Waals surface area contributed by atoms with Crippen LogP contribution >= 0.6 is 23.8 Å². The van der Waals surface area contributed by atoms with Gasteiger partial charge in [0.2, 0.25) is 0 Å². The molecule has 0 aliphatic carbocycles. The van der Waals surface area contributed by atoms with Crippen LogP contribution in [0.25, 0.3) is 17.0 Å². The number of carbonyl (C=O) groups is 2. The summed E-state index contributed by atoms with van der Waals surface area (Å²) in [6, 6.07) is 15.0. The summed E-state index contributed by atoms with van der Waals surface area (Å²) in [4.78, 5) is 26.1. The Hall–Kier alpha value is -3.16. The van der Waals surface area contributed by atoms with E-state index in [1.807, 2.05) is 47.2 Å². The van der Waals surface area contributed by atoms with Gasteiger partial charge < -0.3 is 9.30 Å². The first-order chi connectivity index (χ1) is 14.4. The highest BCUT2D eigenvalue weighted by atomic mass is 35.5. The Morgan fingerprint density at radius 3 is 2.63 bits per heavy atom. The molecule has 152 valence electrons. The second kappa shape index (κ2) is 8.30. The van der Waals surface area contributed by atoms with Crippen molar-refractivity contribution in [3.8, 4) is 5.75 Å². The van der Waals surface area contributed by atoms with Gasteiger partial charge in [-0.15, -0.1) is 0 Å². The Kier molecular flexibility index (Phi) is 5.57. The largest absolute Gasteiger partial charge is 0.492 e. The molecule has 0 saturated carbocycles. The number of amides is 2. The second-order valence-electron chi connectivity index (χ2n) is 6.78. The van der Waals surface area contributed by atoms with Gasteiger partial charge in [-0.2, -0.15) is 0 Å². The summed E-state index contributed by atoms with van der Waals surface area (Å²) in [6.45, 7) is 1.04. The van der Waals surface area contributed by atoms with Crippen LogP contribution in [-0.2, 0) is 16.1 Å². The van der Waals surface area contributed by atoms with Crippen LogP contribution in [0.4, 0.5) is 0 Å². The average molecular weight is 440 g/mol. The van der Waals surface area contributed by atoms with E-state index in [2.05, 4.69) is 5.32 Å². The number of carbonyl (C=O) groups excluding carboxylic acids is 2. The van der Waals surface area contributed by atoms with Crippen molar-refractivity contribution >= 4 is 57.7 Å². The Balaban J connectivity index is 1.61. The minimum Gasteiger partial charge on any atom is -0.492 e. The number of halogens is 1. The van der Waals surface area contributed by atoms with Crippen LogP contribution in [0.1, 0.15) is 5.56 Å². The number of benzene rings is 2. The predicted octanol–water partition coefficient (Wildman–Crippen LogP) is 3.63. The first-order valence-electron chi connectivity index (χ1n) is 9.25. The lowest BCUT2D eigenvalue weighted by Crippen LogP contribution is -2.52. The number of thiocarbonyl (C=S) groups is 1. The van der Waals surface area contributed by atoms with Gasteiger partial charge in [-0.25, -0.2) is 0 Å². The van der Waals surface area contributed by atoms with Crippen LogP contribution < -0.4 is 10.1 Å². The van der Waals surface area contributed by atoms with Crippen LogP contribution in [0, 0.1) is 0 Å². The van der Waals surface area contributed by atoms with E-state index in [1.165, 1.54) is 11.9 Å². The molecule has 1 aliphatic heterocycles. The highest BCUT2D eigenvalue weighted by molar-refractivity contribution is 7.80. The van der Waals surface area contributed by atoms with Crippen LogP contribution in [0.2, 0.25) is 5.02 Å². The molecule has 6 nitrogen and oxygen atoms in total. The summed E-state index contributed by atoms with van der Waals surface area (Å²) in [5, 5.41) is 4.23. The molecular weight excluding hydrogens is 422 g/mol. The zero-order valence-electron chi connectivity index (χ0n) is 16.1. The summed E-state index contributed by atoms with van der Waals surface area (Å²) in [5.41, 5.74) is 1.81. The zero-order chi connectivity index (χ0) is 21.3. The van der Waals surface area contributed by atoms with E-state index in [4.69, 9.17) is 28.6 Å². The number of rotatable bonds is 5. The molecule has 0 radical (unpaired) electrons. The molecule has 1 fully saturated rings. The van der Waals surface area contributed by atoms with Gasteiger partial charge in [0.05, 0.1) is 6.54 Å². The van der Waals surface area contributed by atoms with Crippen LogP contribution in [0.5, 0.6) is 5.75 Å². The highest BCUT2D eigenvalue weighted by Crippen LogP contribution is 2.25. The number of ether oxygens (including phenoxy) is 1. The average Bonchev–Trinajstić information content (AvgIpc) is 3.09. The lowest BCUT2D eigenvalue weighted by Gasteiger charge is -2.24. The third kappa shape index (κ3) is 3.94. The predicted molar refractivity (Wildman–Crippen MR) is 120 cm³/mol. The van der Waals surface area contributed by atoms with Crippen molar-refractivity contribution in [2.75, 3.05) is 13.7 Å². The number of nitrogens with one attached hydrogen (secondary N) is 1. The van der Waals surface area contributed by atoms with Crippen LogP contribution in [0.3, 0.4) is 0 Å². The van der Waals surface area contributed by atoms with E-state index in [-0.39, 0.29) is 10.7 Å². The third-order valence-corrected chi connectivity index (χ3v) is 5.47. The first-order valence-corrected chi connectivity index (χ1v) is 10.0. The van der Waals surface area contributed by atoms with Gasteiger partial charge in [0.25, 0.3) is 11.8 Å². The van der Waals surface area contributed by atoms with E-state index < -0.39 is 11.8 Å². The maximum atomic E-state index is 12.5. The van der Waals surface area contributed by atoms with Crippen molar-refractivity contribution in [1.29, 1.82) is 0 Å². The maximum absolute atomic E-state index is 12.5. The van der Waals surface area contributed by atoms with E-state index in [0.717, 1.165) is 22.2 Å². The number of hydrogen-bond acceptors (Lipinski definition) is 4. The van der Waals surface area contributed by atoms with Crippen molar-refractivity contribution < 1.29 is 14.3 Å². The quantitative estimate of drug-likeness (QED) is 0.374. The molecule has 1 aromatic heterocycles. The molecule has 8 heteroatoms. The van der Waals surface area contributed by atoms with E-state index in [0.29, 0.717) is 18.2 Å². The molecule has 30 heavy (non-hydrogen) atoms. The fraction of sp³-hybridized carbons (Fsp3) is 0.136. The number of fused-ring (bicyclic) bond motifs is 1. The number of para-hydroxylation sites is 1. The lowest BCUT2D eigenvalue weighted by atomic mass is 10.1. The topological polar surface area (TPSA) is 63.6 Å². The molecule has 0 bridgehead atoms. The van der Waals surface area contributed by atoms with Gasteiger partial charge in [-0.1, -0.05) is 29.8 Å². The minimum absolute atomic E-state index is 0.0476. The molecule has 1 saturated heterocycles. The van der Waals surface area contributed by atoms with Gasteiger partial charge >= 0.3 is 0 Å². The zero-order valence-corrected chi connectivity index (χ0v) is 17.7. The Morgan fingerprint density at radius 2 is 1.87 bits per heavy atom. The minimum atomic E-state index is -0.494. The van der Waals surface area contributed by atoms with Gasteiger partial charge in [-0.05, 0) is 48.6 Å². The summed E-state index contributed by atoms with van der Waals surface area (Å²) >= 11 is 10.9. The van der Waals surface area contributed by atoms with E-state index in [1.54, 1.807) is 18.2 Å². The number of aromatic nitrogens is 1. The molecule has 3 aromatic rings. The van der Waals surface area contributed by atoms with Gasteiger partial charge in [-0.3, -0.25) is 19.8 Å². The first kappa shape index (κ1) is 20.1. The van der Waals surface area contributed by atoms with Crippen LogP contribution in [-0.4, -0.2) is 40.0 Å². The fourth-order valence-corrected chi connectivity index (χ4v) is 3.57. The summed E-state index contributed by atoms with van der Waals surface area (Å²) in [6.07, 6.45) is 3.52. The monoisotopic (exact) mass is 439 g/mol. The summed E-state index contributed by atoms with van der Waals surface area (Å²) in [7, 11) is 1.54. The van der Waals surface area contributed by atoms with Crippen LogP contribution in [0.15, 0.2) is 60.3 Å². The van der Waals surface area contributed by atoms with Gasteiger partial charge in [0.1, 0.15) is 17.9 Å². The van der Waals surface area contributed by atoms with Crippen molar-refractivity contribution in [2.45, 2.75) is 6.54 Å². The summed E-state index contributed by atoms with van der Waals surface area (Å²) in [5.74, 6) is -0.181. The second-order valence-corrected chi connectivity index (χ2v) is 7.60. The normalized spacial score (nSPS) is 15.7. The highest BCUT2D eigenvalue weighted by Gasteiger charge is 2.31. The van der Waals surface area contributed by atoms with Gasteiger partial charge in [0, 0.05) is 34.7 Å². The van der Waals surface area contributed by atoms with Gasteiger partial charge in [0.15, 0.2) is 5.11 Å². The molecule has 2 aromatic carbocycles. The number of nitrogens with zero attached hydrogens (tertiary/aromatic N) is 2. The molecule has 1 aliphatic rings. The number of hydrogen-bond donors (Lipinski definition) is 1. The smallest absolute Gasteiger partial charge is 0.265 e. The molecule has 2 heterocycles. The summed E-state index contributed by atoms with van der Waals surface area (Å²) < 4.78 is 7.84. The standard InChI is InChI=1S/C22H18ClN3O3S/c1-25-21(28)18(20(27)24-22(25)30)12-14-13-26(19-5-3-2-4-17(14)19)10-11-29-16-8-6-15(23)7-9-16/h2-9,12-13H,10-11H2,1H3,(H,24,27,30)/b18-12-. The Labute approximate surface area is 183 Å². The Bertz CT molecular complexity index is 1180. The molecule has 0 spiro atoms. The van der Waals surface area contributed by atoms with E-state index >= 15 is 0 Å². The van der Waals surface area contributed by atoms with Crippen molar-refractivity contribution in [3.05, 3.63) is 70.9 Å². The third-order valence-electron chi connectivity index (χ3n) is 4.84. The van der Waals surface area contributed by atoms with Crippen molar-refractivity contribution in [1.82, 2.24) is 14.8 Å². The molecule has 0 unspecified atom stereocenters. The SMILES string of the molecule is CN1C(=O)/C(=C\c2cn(CCOc3ccc(Cl)cc3)c3ccccc23)C(=O)NC1=S. The number of likely N-dealkylation sites (N-methyl/N-ethyl adjacent to an activating group) is 1. The van der Waals surface area contributed by atoms with Crippen molar-refractivity contribution in [2.24, 2.45) is 0 Å². The molecule has 4 rings (SSSR count). The fourth-order valence-electron chi connectivity index (χ4n) is 3.27. The van der Waals surface area contributed by atoms with E-state index in [9.17, 15) is 9.59 Å². The molecular formula is C22H18ClN3O3S. The molecule has 2 amide bonds. The lowest BCUT2D eigenvalue weighted by molar-refractivity contribution is -0.128. The Morgan fingerprint density at radius 1 is 1.13 bits per heavy atom. The maximum Gasteiger partial charge on any atom is 0.265 e. The molecule has 1 N–H and O–H groups in total.